The van der Waals surface area contributed by atoms with Crippen LogP contribution >= 0.6 is 0 Å². The van der Waals surface area contributed by atoms with Gasteiger partial charge in [-0.1, -0.05) is 0 Å². The molecule has 0 unspecified atom stereocenters. The summed E-state index contributed by atoms with van der Waals surface area (Å²) in [4.78, 5) is 69.5. The van der Waals surface area contributed by atoms with Gasteiger partial charge in [-0.15, -0.1) is 0 Å². The van der Waals surface area contributed by atoms with Gasteiger partial charge in [0.05, 0.1) is 6.04 Å². The second-order valence-electron chi connectivity index (χ2n) is 7.24. The first-order valence-electron chi connectivity index (χ1n) is 9.96. The first kappa shape index (κ1) is 23.9. The lowest BCUT2D eigenvalue weighted by atomic mass is 10.1. The minimum absolute atomic E-state index is 0.0265. The van der Waals surface area contributed by atoms with Crippen LogP contribution in [0.25, 0.3) is 0 Å². The van der Waals surface area contributed by atoms with Crippen LogP contribution in [0.1, 0.15) is 23.2 Å². The lowest BCUT2D eigenvalue weighted by Gasteiger charge is -2.28. The summed E-state index contributed by atoms with van der Waals surface area (Å²) in [6.45, 7) is 0.174. The van der Waals surface area contributed by atoms with Crippen molar-refractivity contribution in [2.45, 2.75) is 24.9 Å². The van der Waals surface area contributed by atoms with Crippen molar-refractivity contribution in [3.63, 3.8) is 0 Å². The second-order valence-corrected chi connectivity index (χ2v) is 7.24. The molecule has 2 aromatic rings. The molecule has 1 aliphatic heterocycles. The quantitative estimate of drug-likeness (QED) is 0.245. The third-order valence-electron chi connectivity index (χ3n) is 4.91. The molecule has 14 heteroatoms. The Balaban J connectivity index is 1.63. The summed E-state index contributed by atoms with van der Waals surface area (Å²) in [6.07, 6.45) is 1.30. The zero-order valence-corrected chi connectivity index (χ0v) is 17.6. The number of carbonyl (C=O) groups excluding carboxylic acids is 2. The molecular formula is C20H21N7O7. The van der Waals surface area contributed by atoms with Crippen LogP contribution in [0.15, 0.2) is 34.1 Å². The van der Waals surface area contributed by atoms with Crippen molar-refractivity contribution in [3.05, 3.63) is 40.2 Å². The van der Waals surface area contributed by atoms with Crippen molar-refractivity contribution >= 4 is 53.6 Å². The number of fused-ring (bicyclic) bond motifs is 1. The van der Waals surface area contributed by atoms with Crippen LogP contribution < -0.4 is 26.8 Å². The topological polar surface area (TPSA) is 220 Å². The normalized spacial score (nSPS) is 15.2. The highest BCUT2D eigenvalue weighted by atomic mass is 16.4. The van der Waals surface area contributed by atoms with Gasteiger partial charge in [0.25, 0.3) is 5.91 Å². The van der Waals surface area contributed by atoms with Gasteiger partial charge in [-0.3, -0.25) is 24.1 Å². The molecule has 7 N–H and O–H groups in total. The van der Waals surface area contributed by atoms with Crippen LogP contribution in [0, 0.1) is 0 Å². The van der Waals surface area contributed by atoms with E-state index < -0.39 is 41.9 Å². The summed E-state index contributed by atoms with van der Waals surface area (Å²) in [5.41, 5.74) is 5.52. The van der Waals surface area contributed by atoms with E-state index in [2.05, 4.69) is 25.6 Å². The lowest BCUT2D eigenvalue weighted by Crippen LogP contribution is -2.45. The van der Waals surface area contributed by atoms with Crippen molar-refractivity contribution < 1.29 is 29.4 Å². The Morgan fingerprint density at radius 3 is 2.56 bits per heavy atom. The van der Waals surface area contributed by atoms with Crippen molar-refractivity contribution in [3.8, 4) is 0 Å². The molecule has 0 bridgehead atoms. The number of nitrogens with two attached hydrogens (primary N) is 1. The molecule has 1 aromatic heterocycles. The first-order valence-corrected chi connectivity index (χ1v) is 9.96. The number of anilines is 3. The molecule has 2 atom stereocenters. The monoisotopic (exact) mass is 471 g/mol. The molecule has 2 heterocycles. The largest absolute Gasteiger partial charge is 0.481 e. The Labute approximate surface area is 191 Å². The average Bonchev–Trinajstić information content (AvgIpc) is 2.79. The van der Waals surface area contributed by atoms with Crippen LogP contribution in [-0.2, 0) is 14.4 Å². The van der Waals surface area contributed by atoms with Crippen molar-refractivity contribution in [2.24, 2.45) is 4.99 Å². The predicted molar refractivity (Wildman–Crippen MR) is 120 cm³/mol. The predicted octanol–water partition coefficient (Wildman–Crippen LogP) is -0.441. The SMILES string of the molecule is Nc1nc(=O)c2c([nH]1)N=C[C@@H](CNc1ccc(C(=O)N[C@H](CCC(=O)O)C(=O)O)cc1)N2C=O. The van der Waals surface area contributed by atoms with E-state index >= 15 is 0 Å². The van der Waals surface area contributed by atoms with Gasteiger partial charge >= 0.3 is 17.5 Å². The molecule has 3 rings (SSSR count). The fourth-order valence-electron chi connectivity index (χ4n) is 3.21. The number of aliphatic imine (C=N–C) groups is 1. The molecule has 0 fully saturated rings. The maximum absolute atomic E-state index is 12.3. The summed E-state index contributed by atoms with van der Waals surface area (Å²) >= 11 is 0. The number of aromatic nitrogens is 2. The number of benzene rings is 1. The molecule has 1 aliphatic rings. The minimum Gasteiger partial charge on any atom is -0.481 e. The number of aromatic amines is 1. The Morgan fingerprint density at radius 1 is 1.24 bits per heavy atom. The molecule has 1 aromatic carbocycles. The number of carbonyl (C=O) groups is 4. The molecule has 178 valence electrons. The van der Waals surface area contributed by atoms with E-state index in [4.69, 9.17) is 15.9 Å². The van der Waals surface area contributed by atoms with Gasteiger partial charge in [0.15, 0.2) is 11.5 Å². The number of nitrogens with one attached hydrogen (secondary N) is 3. The summed E-state index contributed by atoms with van der Waals surface area (Å²) in [7, 11) is 0. The number of H-pyrrole nitrogens is 1. The van der Waals surface area contributed by atoms with Crippen LogP contribution in [0.4, 0.5) is 23.1 Å². The summed E-state index contributed by atoms with van der Waals surface area (Å²) in [6, 6.07) is 4.09. The molecule has 0 saturated carbocycles. The number of carboxylic acid groups (broad SMARTS) is 2. The van der Waals surface area contributed by atoms with Gasteiger partial charge in [-0.2, -0.15) is 4.98 Å². The fraction of sp³-hybridized carbons (Fsp3) is 0.250. The number of hydrogen-bond donors (Lipinski definition) is 6. The number of nitrogens with zero attached hydrogens (tertiary/aromatic N) is 3. The fourth-order valence-corrected chi connectivity index (χ4v) is 3.21. The van der Waals surface area contributed by atoms with E-state index in [0.29, 0.717) is 12.1 Å². The Hall–Kier alpha value is -4.75. The van der Waals surface area contributed by atoms with Gasteiger partial charge in [-0.25, -0.2) is 9.79 Å². The van der Waals surface area contributed by atoms with E-state index in [-0.39, 0.29) is 36.0 Å². The van der Waals surface area contributed by atoms with Crippen molar-refractivity contribution in [1.82, 2.24) is 15.3 Å². The van der Waals surface area contributed by atoms with Gasteiger partial charge < -0.3 is 31.6 Å². The van der Waals surface area contributed by atoms with Crippen LogP contribution in [0.5, 0.6) is 0 Å². The lowest BCUT2D eigenvalue weighted by molar-refractivity contribution is -0.140. The molecule has 0 spiro atoms. The number of rotatable bonds is 10. The van der Waals surface area contributed by atoms with E-state index in [1.165, 1.54) is 23.2 Å². The smallest absolute Gasteiger partial charge is 0.326 e. The zero-order chi connectivity index (χ0) is 24.8. The van der Waals surface area contributed by atoms with Crippen molar-refractivity contribution in [2.75, 3.05) is 22.5 Å². The maximum atomic E-state index is 12.3. The van der Waals surface area contributed by atoms with Gasteiger partial charge in [0.1, 0.15) is 6.04 Å². The van der Waals surface area contributed by atoms with E-state index in [9.17, 15) is 24.0 Å². The standard InChI is InChI=1S/C20H21N7O7/c21-20-25-16-15(18(32)26-20)27(9-28)12(8-23-16)7-22-11-3-1-10(2-4-11)17(31)24-13(19(33)34)5-6-14(29)30/h1-4,8-9,12-13,22H,5-7H2,(H,24,31)(H,29,30)(H,33,34)(H3,21,25,26,32)/t12-,13-/m1/s1. The van der Waals surface area contributed by atoms with Crippen LogP contribution in [-0.4, -0.2) is 69.3 Å². The molecule has 34 heavy (non-hydrogen) atoms. The van der Waals surface area contributed by atoms with E-state index in [0.717, 1.165) is 0 Å². The number of nitrogen functional groups attached to an aromatic ring is 1. The molecule has 0 radical (unpaired) electrons. The molecular weight excluding hydrogens is 450 g/mol. The van der Waals surface area contributed by atoms with Crippen LogP contribution in [0.3, 0.4) is 0 Å². The highest BCUT2D eigenvalue weighted by molar-refractivity contribution is 5.97. The average molecular weight is 471 g/mol. The number of hydrogen-bond acceptors (Lipinski definition) is 9. The maximum Gasteiger partial charge on any atom is 0.326 e. The number of carboxylic acids is 2. The summed E-state index contributed by atoms with van der Waals surface area (Å²) in [5.74, 6) is -3.16. The first-order chi connectivity index (χ1) is 16.2. The highest BCUT2D eigenvalue weighted by Crippen LogP contribution is 2.26. The Morgan fingerprint density at radius 2 is 1.94 bits per heavy atom. The number of amides is 2. The number of aliphatic carboxylic acids is 2. The Kier molecular flexibility index (Phi) is 7.20. The minimum atomic E-state index is -1.34. The summed E-state index contributed by atoms with van der Waals surface area (Å²) in [5, 5.41) is 23.2. The molecule has 0 aliphatic carbocycles. The van der Waals surface area contributed by atoms with E-state index in [1.54, 1.807) is 12.1 Å². The third-order valence-corrected chi connectivity index (χ3v) is 4.91. The van der Waals surface area contributed by atoms with Crippen molar-refractivity contribution in [1.29, 1.82) is 0 Å². The van der Waals surface area contributed by atoms with E-state index in [1.807, 2.05) is 0 Å². The molecule has 2 amide bonds. The van der Waals surface area contributed by atoms with Gasteiger partial charge in [0, 0.05) is 30.4 Å². The second kappa shape index (κ2) is 10.2. The van der Waals surface area contributed by atoms with Gasteiger partial charge in [0.2, 0.25) is 12.4 Å². The molecule has 0 saturated heterocycles. The van der Waals surface area contributed by atoms with Gasteiger partial charge in [-0.05, 0) is 30.7 Å². The highest BCUT2D eigenvalue weighted by Gasteiger charge is 2.27. The molecule has 14 nitrogen and oxygen atoms in total. The summed E-state index contributed by atoms with van der Waals surface area (Å²) < 4.78 is 0. The Bertz CT molecular complexity index is 1190. The zero-order valence-electron chi connectivity index (χ0n) is 17.6. The third kappa shape index (κ3) is 5.53. The van der Waals surface area contributed by atoms with Crippen LogP contribution in [0.2, 0.25) is 0 Å².